The van der Waals surface area contributed by atoms with E-state index in [1.807, 2.05) is 12.1 Å². The maximum absolute atomic E-state index is 10.3. The van der Waals surface area contributed by atoms with Crippen LogP contribution in [0.4, 0.5) is 0 Å². The minimum Gasteiger partial charge on any atom is -0.508 e. The molecule has 2 heterocycles. The van der Waals surface area contributed by atoms with E-state index in [4.69, 9.17) is 10.5 Å². The van der Waals surface area contributed by atoms with E-state index < -0.39 is 0 Å². The molecular weight excluding hydrogens is 418 g/mol. The molecule has 34 heavy (non-hydrogen) atoms. The number of nitrogens with two attached hydrogens (primary N) is 1. The predicted molar refractivity (Wildman–Crippen MR) is 134 cm³/mol. The summed E-state index contributed by atoms with van der Waals surface area (Å²) in [5.74, 6) is 10.8. The van der Waals surface area contributed by atoms with Gasteiger partial charge in [-0.05, 0) is 118 Å². The number of hydrogen-bond donors (Lipinski definition) is 2. The van der Waals surface area contributed by atoms with Crippen molar-refractivity contribution in [1.29, 1.82) is 0 Å². The number of phenols is 1. The summed E-state index contributed by atoms with van der Waals surface area (Å²) in [5, 5.41) is 10.3. The highest BCUT2D eigenvalue weighted by atomic mass is 16.5. The molecule has 8 atom stereocenters. The summed E-state index contributed by atoms with van der Waals surface area (Å²) in [6, 6.07) is 6.13. The quantitative estimate of drug-likeness (QED) is 0.495. The van der Waals surface area contributed by atoms with Crippen molar-refractivity contribution in [3.05, 3.63) is 29.3 Å². The van der Waals surface area contributed by atoms with Crippen molar-refractivity contribution in [1.82, 2.24) is 0 Å². The van der Waals surface area contributed by atoms with Crippen molar-refractivity contribution in [2.24, 2.45) is 46.7 Å². The zero-order valence-electron chi connectivity index (χ0n) is 21.0. The standard InChI is InChI=1S/C31H41NO2/c1-29(2)26-16-22-9-11-24-21-14-20-8-10-23(33)15-19(20)6-5-7-25(28(26)32)31(22,34-29)27(24)18-30(17-21)12-3-4-13-30/h8,10,15,21-22,24-28,33H,3-4,6,9,11-14,16-18,32H2,1-2H3. The molecular formula is C31H41NO2. The molecule has 2 aliphatic heterocycles. The van der Waals surface area contributed by atoms with Gasteiger partial charge in [0.1, 0.15) is 5.75 Å². The highest BCUT2D eigenvalue weighted by molar-refractivity contribution is 5.39. The first-order chi connectivity index (χ1) is 16.3. The van der Waals surface area contributed by atoms with Gasteiger partial charge in [-0.15, -0.1) is 0 Å². The minimum atomic E-state index is -0.180. The average Bonchev–Trinajstić information content (AvgIpc) is 3.23. The molecule has 3 heteroatoms. The molecule has 4 saturated carbocycles. The monoisotopic (exact) mass is 459 g/mol. The number of fused-ring (bicyclic) bond motifs is 2. The van der Waals surface area contributed by atoms with Crippen LogP contribution in [0, 0.1) is 52.8 Å². The molecule has 8 unspecified atom stereocenters. The van der Waals surface area contributed by atoms with E-state index in [-0.39, 0.29) is 23.2 Å². The Morgan fingerprint density at radius 2 is 1.88 bits per heavy atom. The van der Waals surface area contributed by atoms with Crippen molar-refractivity contribution in [2.45, 2.75) is 102 Å². The molecule has 2 saturated heterocycles. The van der Waals surface area contributed by atoms with E-state index in [2.05, 4.69) is 31.8 Å². The number of phenolic OH excluding ortho intramolecular Hbond substituents is 1. The van der Waals surface area contributed by atoms with Crippen LogP contribution in [0.3, 0.4) is 0 Å². The minimum absolute atomic E-state index is 0.0931. The van der Waals surface area contributed by atoms with Crippen LogP contribution < -0.4 is 5.73 Å². The number of aromatic hydroxyl groups is 1. The molecule has 2 spiro atoms. The molecule has 1 aromatic carbocycles. The van der Waals surface area contributed by atoms with Crippen LogP contribution in [0.2, 0.25) is 0 Å². The third-order valence-electron chi connectivity index (χ3n) is 11.6. The van der Waals surface area contributed by atoms with Gasteiger partial charge >= 0.3 is 0 Å². The first-order valence-corrected chi connectivity index (χ1v) is 14.1. The lowest BCUT2D eigenvalue weighted by atomic mass is 9.42. The summed E-state index contributed by atoms with van der Waals surface area (Å²) < 4.78 is 7.40. The first kappa shape index (κ1) is 21.8. The Hall–Kier alpha value is -1.50. The summed E-state index contributed by atoms with van der Waals surface area (Å²) >= 11 is 0. The molecule has 1 aromatic rings. The van der Waals surface area contributed by atoms with Crippen molar-refractivity contribution >= 4 is 0 Å². The van der Waals surface area contributed by atoms with Gasteiger partial charge in [0.2, 0.25) is 0 Å². The highest BCUT2D eigenvalue weighted by Crippen LogP contribution is 2.68. The molecule has 182 valence electrons. The van der Waals surface area contributed by atoms with Crippen LogP contribution in [0.1, 0.15) is 82.8 Å². The molecule has 5 aliphatic carbocycles. The molecule has 6 fully saturated rings. The van der Waals surface area contributed by atoms with Crippen LogP contribution in [0.25, 0.3) is 0 Å². The fourth-order valence-corrected chi connectivity index (χ4v) is 10.4. The average molecular weight is 460 g/mol. The van der Waals surface area contributed by atoms with Gasteiger partial charge in [-0.1, -0.05) is 30.7 Å². The summed E-state index contributed by atoms with van der Waals surface area (Å²) in [5.41, 5.74) is 9.90. The lowest BCUT2D eigenvalue weighted by Gasteiger charge is -2.71. The van der Waals surface area contributed by atoms with Gasteiger partial charge in [-0.2, -0.15) is 0 Å². The van der Waals surface area contributed by atoms with E-state index in [0.29, 0.717) is 47.2 Å². The second-order valence-corrected chi connectivity index (χ2v) is 13.5. The van der Waals surface area contributed by atoms with Crippen LogP contribution in [0.5, 0.6) is 5.75 Å². The van der Waals surface area contributed by atoms with Crippen molar-refractivity contribution in [2.75, 3.05) is 0 Å². The van der Waals surface area contributed by atoms with Crippen molar-refractivity contribution in [3.63, 3.8) is 0 Å². The fourth-order valence-electron chi connectivity index (χ4n) is 10.4. The fraction of sp³-hybridized carbons (Fsp3) is 0.742. The summed E-state index contributed by atoms with van der Waals surface area (Å²) in [7, 11) is 0. The maximum atomic E-state index is 10.3. The highest BCUT2D eigenvalue weighted by Gasteiger charge is 2.70. The van der Waals surface area contributed by atoms with Gasteiger partial charge in [0, 0.05) is 18.4 Å². The van der Waals surface area contributed by atoms with E-state index >= 15 is 0 Å². The summed E-state index contributed by atoms with van der Waals surface area (Å²) in [6.07, 6.45) is 14.0. The Balaban J connectivity index is 1.43. The number of rotatable bonds is 0. The summed E-state index contributed by atoms with van der Waals surface area (Å²) in [4.78, 5) is 0. The lowest BCUT2D eigenvalue weighted by molar-refractivity contribution is -0.333. The van der Waals surface area contributed by atoms with Gasteiger partial charge in [0.15, 0.2) is 0 Å². The number of benzene rings is 1. The van der Waals surface area contributed by atoms with Gasteiger partial charge in [0.05, 0.1) is 17.1 Å². The topological polar surface area (TPSA) is 55.5 Å². The molecule has 7 aliphatic rings. The van der Waals surface area contributed by atoms with Crippen molar-refractivity contribution in [3.8, 4) is 17.6 Å². The zero-order chi connectivity index (χ0) is 23.3. The zero-order valence-corrected chi connectivity index (χ0v) is 21.0. The Morgan fingerprint density at radius 1 is 1.06 bits per heavy atom. The van der Waals surface area contributed by atoms with Gasteiger partial charge in [-0.3, -0.25) is 0 Å². The summed E-state index contributed by atoms with van der Waals surface area (Å²) in [6.45, 7) is 4.62. The van der Waals surface area contributed by atoms with Gasteiger partial charge in [0.25, 0.3) is 0 Å². The lowest BCUT2D eigenvalue weighted by Crippen LogP contribution is -2.76. The van der Waals surface area contributed by atoms with Crippen LogP contribution >= 0.6 is 0 Å². The molecule has 0 amide bonds. The molecule has 3 N–H and O–H groups in total. The smallest absolute Gasteiger partial charge is 0.115 e. The van der Waals surface area contributed by atoms with Crippen LogP contribution in [-0.4, -0.2) is 22.4 Å². The SMILES string of the molecule is CC1(C)OC23C4CCC5C(Cc6ccc(O)cc6CC#CC2C(N)C1C4)CC1(CCCC1)CC53. The molecule has 8 rings (SSSR count). The third-order valence-corrected chi connectivity index (χ3v) is 11.6. The molecule has 3 nitrogen and oxygen atoms in total. The third kappa shape index (κ3) is 2.91. The van der Waals surface area contributed by atoms with E-state index in [1.165, 1.54) is 68.9 Å². The van der Waals surface area contributed by atoms with E-state index in [9.17, 15) is 5.11 Å². The second-order valence-electron chi connectivity index (χ2n) is 13.5. The normalized spacial score (nSPS) is 45.1. The number of hydrogen-bond acceptors (Lipinski definition) is 3. The largest absolute Gasteiger partial charge is 0.508 e. The predicted octanol–water partition coefficient (Wildman–Crippen LogP) is 5.62. The second kappa shape index (κ2) is 7.27. The van der Waals surface area contributed by atoms with E-state index in [1.54, 1.807) is 0 Å². The maximum Gasteiger partial charge on any atom is 0.115 e. The molecule has 0 radical (unpaired) electrons. The van der Waals surface area contributed by atoms with Crippen LogP contribution in [-0.2, 0) is 17.6 Å². The van der Waals surface area contributed by atoms with E-state index in [0.717, 1.165) is 6.42 Å². The molecule has 0 aromatic heterocycles. The Bertz CT molecular complexity index is 1060. The van der Waals surface area contributed by atoms with Crippen molar-refractivity contribution < 1.29 is 9.84 Å². The first-order valence-electron chi connectivity index (χ1n) is 14.1. The van der Waals surface area contributed by atoms with Gasteiger partial charge in [-0.25, -0.2) is 0 Å². The van der Waals surface area contributed by atoms with Gasteiger partial charge < -0.3 is 15.6 Å². The Labute approximate surface area is 205 Å². The van der Waals surface area contributed by atoms with Crippen LogP contribution in [0.15, 0.2) is 18.2 Å². The molecule has 5 bridgehead atoms. The Kier molecular flexibility index (Phi) is 4.65. The Morgan fingerprint density at radius 3 is 2.71 bits per heavy atom. The number of ether oxygens (including phenoxy) is 1.